The number of fused-ring (bicyclic) bond motifs is 1. The molecule has 2 aliphatic rings. The summed E-state index contributed by atoms with van der Waals surface area (Å²) in [6, 6.07) is 8.92. The van der Waals surface area contributed by atoms with Gasteiger partial charge in [0.25, 0.3) is 0 Å². The first kappa shape index (κ1) is 21.5. The third-order valence-corrected chi connectivity index (χ3v) is 6.24. The van der Waals surface area contributed by atoms with Gasteiger partial charge in [-0.05, 0) is 25.0 Å². The smallest absolute Gasteiger partial charge is 0.338 e. The third kappa shape index (κ3) is 5.91. The Kier molecular flexibility index (Phi) is 7.84. The molecule has 1 aromatic carbocycles. The minimum atomic E-state index is -0.353. The molecule has 0 spiro atoms. The summed E-state index contributed by atoms with van der Waals surface area (Å²) in [7, 11) is 0. The molecule has 0 radical (unpaired) electrons. The molecule has 0 bridgehead atoms. The Morgan fingerprint density at radius 1 is 1.07 bits per heavy atom. The van der Waals surface area contributed by atoms with Gasteiger partial charge in [-0.15, -0.1) is 0 Å². The van der Waals surface area contributed by atoms with Gasteiger partial charge in [-0.25, -0.2) is 4.79 Å². The van der Waals surface area contributed by atoms with Crippen molar-refractivity contribution in [1.29, 1.82) is 0 Å². The highest BCUT2D eigenvalue weighted by atomic mass is 16.6. The van der Waals surface area contributed by atoms with Crippen molar-refractivity contribution in [3.8, 4) is 0 Å². The van der Waals surface area contributed by atoms with Crippen LogP contribution in [0.3, 0.4) is 0 Å². The van der Waals surface area contributed by atoms with Crippen molar-refractivity contribution in [2.24, 2.45) is 11.8 Å². The number of Topliss-reactive ketones (excluding diaryl/α,β-unsaturated/α-hetero) is 1. The lowest BCUT2D eigenvalue weighted by Crippen LogP contribution is -2.26. The van der Waals surface area contributed by atoms with Crippen molar-refractivity contribution in [2.45, 2.75) is 83.3 Å². The predicted octanol–water partition coefficient (Wildman–Crippen LogP) is 4.87. The Labute approximate surface area is 173 Å². The predicted molar refractivity (Wildman–Crippen MR) is 109 cm³/mol. The number of ketones is 1. The maximum atomic E-state index is 12.5. The number of hydrogen-bond acceptors (Lipinski definition) is 5. The summed E-state index contributed by atoms with van der Waals surface area (Å²) in [6.07, 6.45) is 7.81. The van der Waals surface area contributed by atoms with Crippen LogP contribution in [-0.2, 0) is 19.1 Å². The molecular weight excluding hydrogens is 368 g/mol. The van der Waals surface area contributed by atoms with Crippen molar-refractivity contribution < 1.29 is 23.9 Å². The lowest BCUT2D eigenvalue weighted by Gasteiger charge is -2.23. The zero-order valence-electron chi connectivity index (χ0n) is 17.3. The monoisotopic (exact) mass is 400 g/mol. The molecule has 3 rings (SSSR count). The normalized spacial score (nSPS) is 25.5. The molecule has 1 unspecified atom stereocenters. The quantitative estimate of drug-likeness (QED) is 0.391. The van der Waals surface area contributed by atoms with Gasteiger partial charge in [0, 0.05) is 31.1 Å². The number of ether oxygens (including phenoxy) is 2. The third-order valence-electron chi connectivity index (χ3n) is 6.24. The highest BCUT2D eigenvalue weighted by Crippen LogP contribution is 2.45. The molecule has 1 saturated carbocycles. The number of unbranched alkanes of at least 4 members (excludes halogenated alkanes) is 4. The summed E-state index contributed by atoms with van der Waals surface area (Å²) in [5.41, 5.74) is 0.517. The van der Waals surface area contributed by atoms with Crippen molar-refractivity contribution in [1.82, 2.24) is 0 Å². The van der Waals surface area contributed by atoms with Gasteiger partial charge in [0.05, 0.1) is 12.0 Å². The lowest BCUT2D eigenvalue weighted by atomic mass is 9.87. The number of rotatable bonds is 11. The van der Waals surface area contributed by atoms with E-state index >= 15 is 0 Å². The molecule has 0 amide bonds. The van der Waals surface area contributed by atoms with Gasteiger partial charge in [0.1, 0.15) is 18.0 Å². The molecule has 0 aromatic heterocycles. The highest BCUT2D eigenvalue weighted by Gasteiger charge is 2.51. The molecule has 1 aliphatic heterocycles. The Hall–Kier alpha value is -2.17. The molecule has 1 aliphatic carbocycles. The number of carbonyl (C=O) groups excluding carboxylic acids is 3. The summed E-state index contributed by atoms with van der Waals surface area (Å²) >= 11 is 0. The fourth-order valence-corrected chi connectivity index (χ4v) is 4.65. The van der Waals surface area contributed by atoms with E-state index < -0.39 is 0 Å². The van der Waals surface area contributed by atoms with Crippen LogP contribution in [-0.4, -0.2) is 29.9 Å². The highest BCUT2D eigenvalue weighted by molar-refractivity contribution is 5.89. The maximum absolute atomic E-state index is 12.5. The summed E-state index contributed by atoms with van der Waals surface area (Å²) in [6.45, 7) is 2.18. The van der Waals surface area contributed by atoms with E-state index in [4.69, 9.17) is 9.47 Å². The molecule has 1 heterocycles. The Morgan fingerprint density at radius 2 is 1.83 bits per heavy atom. The van der Waals surface area contributed by atoms with Gasteiger partial charge >= 0.3 is 11.9 Å². The van der Waals surface area contributed by atoms with Crippen LogP contribution in [0.4, 0.5) is 0 Å². The first-order valence-corrected chi connectivity index (χ1v) is 11.1. The van der Waals surface area contributed by atoms with E-state index in [1.165, 1.54) is 19.3 Å². The fraction of sp³-hybridized carbons (Fsp3) is 0.625. The van der Waals surface area contributed by atoms with E-state index in [9.17, 15) is 14.4 Å². The summed E-state index contributed by atoms with van der Waals surface area (Å²) in [5, 5.41) is 0. The minimum absolute atomic E-state index is 0.00292. The molecule has 1 aromatic rings. The van der Waals surface area contributed by atoms with E-state index in [1.807, 2.05) is 6.07 Å². The van der Waals surface area contributed by atoms with Crippen LogP contribution in [0.1, 0.15) is 81.5 Å². The minimum Gasteiger partial charge on any atom is -0.462 e. The number of benzene rings is 1. The molecule has 5 nitrogen and oxygen atoms in total. The second-order valence-corrected chi connectivity index (χ2v) is 8.35. The van der Waals surface area contributed by atoms with Crippen LogP contribution in [0.5, 0.6) is 0 Å². The Morgan fingerprint density at radius 3 is 2.59 bits per heavy atom. The topological polar surface area (TPSA) is 69.7 Å². The first-order valence-electron chi connectivity index (χ1n) is 11.1. The molecule has 4 atom stereocenters. The van der Waals surface area contributed by atoms with E-state index in [0.29, 0.717) is 37.7 Å². The molecule has 158 valence electrons. The standard InChI is InChI=1S/C24H32O5/c1-2-3-4-5-9-12-18(25)13-14-19-20-15-23(26)28-22(20)16-21(19)29-24(27)17-10-7-6-8-11-17/h6-8,10-11,19-22H,2-5,9,12-16H2,1H3/t19-,20?,21-,22+/m1/s1. The van der Waals surface area contributed by atoms with Gasteiger partial charge in [-0.2, -0.15) is 0 Å². The van der Waals surface area contributed by atoms with Crippen molar-refractivity contribution in [2.75, 3.05) is 0 Å². The summed E-state index contributed by atoms with van der Waals surface area (Å²) < 4.78 is 11.2. The van der Waals surface area contributed by atoms with Crippen molar-refractivity contribution in [3.05, 3.63) is 35.9 Å². The first-order chi connectivity index (χ1) is 14.1. The van der Waals surface area contributed by atoms with Gasteiger partial charge in [0.15, 0.2) is 0 Å². The maximum Gasteiger partial charge on any atom is 0.338 e. The largest absolute Gasteiger partial charge is 0.462 e. The zero-order valence-corrected chi connectivity index (χ0v) is 17.3. The van der Waals surface area contributed by atoms with Crippen LogP contribution < -0.4 is 0 Å². The van der Waals surface area contributed by atoms with E-state index in [0.717, 1.165) is 12.8 Å². The van der Waals surface area contributed by atoms with Crippen LogP contribution in [0, 0.1) is 11.8 Å². The molecule has 5 heteroatoms. The molecule has 0 N–H and O–H groups in total. The van der Waals surface area contributed by atoms with Gasteiger partial charge in [0.2, 0.25) is 0 Å². The van der Waals surface area contributed by atoms with E-state index in [1.54, 1.807) is 24.3 Å². The SMILES string of the molecule is CCCCCCCC(=O)CC[C@@H]1C2CC(=O)O[C@H]2C[C@H]1OC(=O)c1ccccc1. The van der Waals surface area contributed by atoms with E-state index in [2.05, 4.69) is 6.92 Å². The number of esters is 2. The van der Waals surface area contributed by atoms with Gasteiger partial charge < -0.3 is 9.47 Å². The Balaban J connectivity index is 1.53. The van der Waals surface area contributed by atoms with Crippen molar-refractivity contribution >= 4 is 17.7 Å². The number of hydrogen-bond donors (Lipinski definition) is 0. The second kappa shape index (κ2) is 10.6. The molecule has 2 fully saturated rings. The van der Waals surface area contributed by atoms with Crippen LogP contribution in [0.15, 0.2) is 30.3 Å². The Bertz CT molecular complexity index is 698. The summed E-state index contributed by atoms with van der Waals surface area (Å²) in [4.78, 5) is 36.6. The average molecular weight is 401 g/mol. The molecule has 29 heavy (non-hydrogen) atoms. The average Bonchev–Trinajstić information content (AvgIpc) is 3.22. The van der Waals surface area contributed by atoms with Crippen molar-refractivity contribution in [3.63, 3.8) is 0 Å². The summed E-state index contributed by atoms with van der Waals surface area (Å²) in [5.74, 6) is -0.214. The van der Waals surface area contributed by atoms with E-state index in [-0.39, 0.29) is 41.8 Å². The van der Waals surface area contributed by atoms with Crippen LogP contribution in [0.25, 0.3) is 0 Å². The zero-order chi connectivity index (χ0) is 20.6. The van der Waals surface area contributed by atoms with Gasteiger partial charge in [-0.3, -0.25) is 9.59 Å². The fourth-order valence-electron chi connectivity index (χ4n) is 4.65. The second-order valence-electron chi connectivity index (χ2n) is 8.35. The van der Waals surface area contributed by atoms with Crippen LogP contribution in [0.2, 0.25) is 0 Å². The molecule has 1 saturated heterocycles. The lowest BCUT2D eigenvalue weighted by molar-refractivity contribution is -0.141. The molecular formula is C24H32O5. The van der Waals surface area contributed by atoms with Crippen LogP contribution >= 0.6 is 0 Å². The van der Waals surface area contributed by atoms with Gasteiger partial charge in [-0.1, -0.05) is 50.8 Å². The number of carbonyl (C=O) groups is 3.